The lowest BCUT2D eigenvalue weighted by Gasteiger charge is -2.39. The first-order chi connectivity index (χ1) is 44.4. The SMILES string of the molecule is COC(=O)[C@@](C)([13CH3])NC(=O)C(C)(C)NC(=O)C(C)(C)NC(=O)C(C)(C)NC(=O)C(C)(C)NC(=O)C(C)(C)NC(=O)C(C)(C)NC(=O)C(C)(C)NC(=O)C(C)(C)NC(=O)C(C)(C)NC(=O)C(C)(C)[NH2+]Cc1ccccc1[B@-]1(OC)O[C@@H]2[C@H](O1)[C@@H](CO)O[C@H]2n1cnc2c(=O)[nH]c(N)nc21. The molecule has 98 heavy (non-hydrogen) atoms. The number of hydrogen-bond donors (Lipinski definition) is 14. The largest absolute Gasteiger partial charge is 0.543 e. The van der Waals surface area contributed by atoms with Crippen LogP contribution in [0.2, 0.25) is 0 Å². The van der Waals surface area contributed by atoms with E-state index in [1.165, 1.54) is 156 Å². The van der Waals surface area contributed by atoms with Crippen molar-refractivity contribution < 1.29 is 86.6 Å². The second-order valence-electron chi connectivity index (χ2n) is 30.7. The van der Waals surface area contributed by atoms with Crippen LogP contribution in [0.3, 0.4) is 0 Å². The molecule has 0 bridgehead atoms. The van der Waals surface area contributed by atoms with Crippen LogP contribution in [-0.2, 0) is 82.7 Å². The molecule has 0 aliphatic carbocycles. The van der Waals surface area contributed by atoms with Gasteiger partial charge in [0.2, 0.25) is 59.1 Å². The van der Waals surface area contributed by atoms with Gasteiger partial charge in [0.15, 0.2) is 22.9 Å². The van der Waals surface area contributed by atoms with Gasteiger partial charge in [0.25, 0.3) is 11.5 Å². The van der Waals surface area contributed by atoms with E-state index in [1.807, 2.05) is 0 Å². The zero-order valence-corrected chi connectivity index (χ0v) is 60.6. The fourth-order valence-electron chi connectivity index (χ4n) is 10.1. The number of fused-ring (bicyclic) bond motifs is 2. The van der Waals surface area contributed by atoms with Gasteiger partial charge in [-0.2, -0.15) is 4.98 Å². The molecular formula is C63H101BN16O18. The highest BCUT2D eigenvalue weighted by Gasteiger charge is 2.57. The number of nitrogen functional groups attached to an aromatic ring is 1. The summed E-state index contributed by atoms with van der Waals surface area (Å²) in [6.45, 7) is 27.8. The fourth-order valence-corrected chi connectivity index (χ4v) is 10.1. The number of anilines is 1. The Kier molecular flexibility index (Phi) is 22.8. The maximum Gasteiger partial charge on any atom is 0.410 e. The van der Waals surface area contributed by atoms with Crippen molar-refractivity contribution in [3.05, 3.63) is 46.5 Å². The van der Waals surface area contributed by atoms with Crippen LogP contribution in [0.5, 0.6) is 0 Å². The summed E-state index contributed by atoms with van der Waals surface area (Å²) in [7, 11) is 2.57. The van der Waals surface area contributed by atoms with Crippen LogP contribution in [0, 0.1) is 0 Å². The number of hydrogen-bond acceptors (Lipinski definition) is 21. The predicted molar refractivity (Wildman–Crippen MR) is 356 cm³/mol. The molecule has 2 fully saturated rings. The maximum atomic E-state index is 14.2. The van der Waals surface area contributed by atoms with Crippen molar-refractivity contribution in [1.82, 2.24) is 72.7 Å². The molecule has 16 N–H and O–H groups in total. The van der Waals surface area contributed by atoms with E-state index in [1.54, 1.807) is 43.4 Å². The topological polar surface area (TPSA) is 481 Å². The molecule has 0 unspecified atom stereocenters. The Balaban J connectivity index is 1.14. The van der Waals surface area contributed by atoms with E-state index in [9.17, 15) is 62.6 Å². The van der Waals surface area contributed by atoms with E-state index >= 15 is 0 Å². The number of nitrogens with one attached hydrogen (secondary N) is 11. The minimum absolute atomic E-state index is 0.00205. The molecule has 3 aromatic rings. The van der Waals surface area contributed by atoms with E-state index in [-0.39, 0.29) is 23.7 Å². The fraction of sp³-hybridized carbons (Fsp3) is 0.651. The van der Waals surface area contributed by atoms with Gasteiger partial charge in [0, 0.05) is 0 Å². The number of aromatic nitrogens is 4. The van der Waals surface area contributed by atoms with Crippen LogP contribution >= 0.6 is 0 Å². The third-order valence-corrected chi connectivity index (χ3v) is 17.1. The number of aromatic amines is 1. The average molecular weight is 1380 g/mol. The highest BCUT2D eigenvalue weighted by molar-refractivity contribution is 6.76. The Morgan fingerprint density at radius 1 is 0.541 bits per heavy atom. The third-order valence-electron chi connectivity index (χ3n) is 17.1. The van der Waals surface area contributed by atoms with Crippen LogP contribution < -0.4 is 75.2 Å². The normalized spacial score (nSPS) is 19.4. The van der Waals surface area contributed by atoms with Gasteiger partial charge in [0.1, 0.15) is 61.5 Å². The molecule has 5 rings (SSSR count). The number of nitrogens with zero attached hydrogens (tertiary/aromatic N) is 3. The van der Waals surface area contributed by atoms with Crippen LogP contribution in [0.15, 0.2) is 35.4 Å². The minimum atomic E-state index is -2.75. The van der Waals surface area contributed by atoms with Gasteiger partial charge in [-0.1, -0.05) is 24.3 Å². The van der Waals surface area contributed by atoms with Crippen molar-refractivity contribution in [2.75, 3.05) is 26.6 Å². The van der Waals surface area contributed by atoms with Gasteiger partial charge < -0.3 is 92.8 Å². The van der Waals surface area contributed by atoms with Gasteiger partial charge in [-0.25, -0.2) is 9.78 Å². The molecule has 4 heterocycles. The molecule has 0 radical (unpaired) electrons. The van der Waals surface area contributed by atoms with Crippen LogP contribution in [-0.4, -0.2) is 196 Å². The summed E-state index contributed by atoms with van der Waals surface area (Å²) < 4.78 is 31.6. The number of benzene rings is 1. The summed E-state index contributed by atoms with van der Waals surface area (Å²) in [5.74, 6) is -8.79. The molecule has 0 saturated carbocycles. The number of aliphatic hydroxyl groups excluding tert-OH is 1. The highest BCUT2D eigenvalue weighted by Crippen LogP contribution is 2.43. The van der Waals surface area contributed by atoms with Gasteiger partial charge >= 0.3 is 12.7 Å². The molecule has 2 aliphatic heterocycles. The number of carbonyl (C=O) groups excluding carboxylic acids is 11. The van der Waals surface area contributed by atoms with Gasteiger partial charge in [-0.05, 0) is 165 Å². The van der Waals surface area contributed by atoms with Crippen molar-refractivity contribution in [1.29, 1.82) is 0 Å². The summed E-state index contributed by atoms with van der Waals surface area (Å²) in [5.41, 5.74) is -11.5. The molecule has 2 aromatic heterocycles. The van der Waals surface area contributed by atoms with Crippen molar-refractivity contribution in [2.24, 2.45) is 0 Å². The lowest BCUT2D eigenvalue weighted by atomic mass is 9.67. The molecular weight excluding hydrogens is 1280 g/mol. The lowest BCUT2D eigenvalue weighted by molar-refractivity contribution is -0.720. The first-order valence-corrected chi connectivity index (χ1v) is 31.7. The monoisotopic (exact) mass is 1380 g/mol. The highest BCUT2D eigenvalue weighted by atomic mass is 16.8. The standard InChI is InChI=1S/C63H100BN16O18/c1-53(2,67-29-32-27-25-26-28-33(32)64(95-24)97-36-34(30-81)96-40(37(36)98-64)80-31-66-35-38(80)68-52(65)69-39(35)82)41(83)70-54(3,4)42(84)71-55(5,6)43(85)72-56(7,8)44(86)73-57(9,10)45(87)74-58(11,12)46(88)75-59(13,14)47(89)76-60(15,16)48(90)77-61(17,18)49(91)78-62(19,20)50(92)79-63(21,22)51(93)94-23/h25-28,31,34,36-37,40,67,81H,29-30H2,1-24H3,(H,70,83)(H,71,84)(H,72,85)(H,73,86)(H,74,87)(H,75,88)(H,76,89)(H,77,90)(H,78,91)(H,79,92)(H3,65,68,69,82)/q-1/p+1/t34-,36-,37-,40-,64-/m1/s1/i21+1/t34-,36-,37-,40-,63+,64-. The molecule has 35 heteroatoms. The van der Waals surface area contributed by atoms with E-state index in [0.29, 0.717) is 11.0 Å². The van der Waals surface area contributed by atoms with E-state index in [0.717, 1.165) is 7.11 Å². The Morgan fingerprint density at radius 2 is 0.878 bits per heavy atom. The molecule has 2 aliphatic rings. The zero-order chi connectivity index (χ0) is 75.1. The smallest absolute Gasteiger partial charge is 0.410 e. The zero-order valence-electron chi connectivity index (χ0n) is 60.6. The Bertz CT molecular complexity index is 3700. The van der Waals surface area contributed by atoms with Crippen LogP contribution in [0.25, 0.3) is 11.2 Å². The number of rotatable bonds is 28. The number of quaternary nitrogens is 1. The minimum Gasteiger partial charge on any atom is -0.543 e. The summed E-state index contributed by atoms with van der Waals surface area (Å²) in [5, 5.41) is 38.2. The molecule has 34 nitrogen and oxygen atoms in total. The van der Waals surface area contributed by atoms with Crippen molar-refractivity contribution in [2.45, 2.75) is 244 Å². The van der Waals surface area contributed by atoms with Crippen molar-refractivity contribution in [3.63, 3.8) is 0 Å². The number of imidazole rings is 1. The molecule has 0 spiro atoms. The average Bonchev–Trinajstić information content (AvgIpc) is 1.57. The molecule has 6 atom stereocenters. The quantitative estimate of drug-likeness (QED) is 0.0194. The number of methoxy groups -OCH3 is 1. The molecule has 10 amide bonds. The number of carbonyl (C=O) groups is 11. The molecule has 2 saturated heterocycles. The second-order valence-corrected chi connectivity index (χ2v) is 30.7. The van der Waals surface area contributed by atoms with E-state index in [4.69, 9.17) is 29.2 Å². The first-order valence-electron chi connectivity index (χ1n) is 31.7. The van der Waals surface area contributed by atoms with E-state index < -0.39 is 169 Å². The summed E-state index contributed by atoms with van der Waals surface area (Å²) in [6.07, 6.45) is -2.31. The van der Waals surface area contributed by atoms with Crippen molar-refractivity contribution >= 4 is 94.4 Å². The second kappa shape index (κ2) is 27.9. The summed E-state index contributed by atoms with van der Waals surface area (Å²) in [4.78, 5) is 174. The Morgan fingerprint density at radius 3 is 1.22 bits per heavy atom. The van der Waals surface area contributed by atoms with Gasteiger partial charge in [-0.3, -0.25) is 62.3 Å². The van der Waals surface area contributed by atoms with Crippen molar-refractivity contribution in [3.8, 4) is 0 Å². The summed E-state index contributed by atoms with van der Waals surface area (Å²) >= 11 is 0. The Labute approximate surface area is 569 Å². The third kappa shape index (κ3) is 17.6. The number of nitrogens with two attached hydrogens (primary N) is 2. The first kappa shape index (κ1) is 80.0. The summed E-state index contributed by atoms with van der Waals surface area (Å²) in [6, 6.07) is 7.09. The lowest BCUT2D eigenvalue weighted by Crippen LogP contribution is -2.97. The molecule has 1 aromatic carbocycles. The Hall–Kier alpha value is -8.64. The maximum absolute atomic E-state index is 14.2. The number of aliphatic hydroxyl groups is 1. The van der Waals surface area contributed by atoms with Crippen LogP contribution in [0.4, 0.5) is 5.95 Å². The predicted octanol–water partition coefficient (Wildman–Crippen LogP) is -3.17. The van der Waals surface area contributed by atoms with Gasteiger partial charge in [-0.15, -0.1) is 5.46 Å². The van der Waals surface area contributed by atoms with E-state index in [2.05, 4.69) is 68.1 Å². The number of ether oxygens (including phenoxy) is 2. The van der Waals surface area contributed by atoms with Gasteiger partial charge in [0.05, 0.1) is 38.8 Å². The number of esters is 1. The van der Waals surface area contributed by atoms with Crippen LogP contribution in [0.1, 0.15) is 164 Å². The number of H-pyrrole nitrogens is 1. The molecule has 544 valence electrons. The number of amides is 10.